The number of ether oxygens (including phenoxy) is 1. The lowest BCUT2D eigenvalue weighted by molar-refractivity contribution is -0.385. The molecule has 1 aliphatic carbocycles. The van der Waals surface area contributed by atoms with E-state index in [0.717, 1.165) is 19.3 Å². The van der Waals surface area contributed by atoms with Crippen LogP contribution < -0.4 is 5.32 Å². The van der Waals surface area contributed by atoms with Gasteiger partial charge in [0.05, 0.1) is 4.92 Å². The monoisotopic (exact) mass is 360 g/mol. The van der Waals surface area contributed by atoms with Crippen molar-refractivity contribution in [3.63, 3.8) is 0 Å². The molecule has 1 aromatic rings. The summed E-state index contributed by atoms with van der Waals surface area (Å²) in [6, 6.07) is 4.33. The Kier molecular flexibility index (Phi) is 6.89. The van der Waals surface area contributed by atoms with Crippen LogP contribution in [0.15, 0.2) is 29.8 Å². The van der Waals surface area contributed by atoms with E-state index in [-0.39, 0.29) is 11.3 Å². The Labute approximate surface area is 152 Å². The van der Waals surface area contributed by atoms with Crippen LogP contribution in [0.5, 0.6) is 0 Å². The second kappa shape index (κ2) is 9.12. The highest BCUT2D eigenvalue weighted by Gasteiger charge is 2.26. The van der Waals surface area contributed by atoms with Gasteiger partial charge in [0, 0.05) is 12.6 Å². The molecule has 1 N–H and O–H groups in total. The summed E-state index contributed by atoms with van der Waals surface area (Å²) in [4.78, 5) is 34.9. The van der Waals surface area contributed by atoms with Crippen LogP contribution >= 0.6 is 0 Å². The van der Waals surface area contributed by atoms with E-state index in [0.29, 0.717) is 12.1 Å². The predicted molar refractivity (Wildman–Crippen MR) is 96.9 cm³/mol. The summed E-state index contributed by atoms with van der Waals surface area (Å²) < 4.78 is 5.14. The fraction of sp³-hybridized carbons (Fsp3) is 0.474. The van der Waals surface area contributed by atoms with Crippen molar-refractivity contribution < 1.29 is 19.2 Å². The number of allylic oxidation sites excluding steroid dienone is 1. The number of amides is 1. The van der Waals surface area contributed by atoms with Crippen molar-refractivity contribution in [1.82, 2.24) is 5.32 Å². The molecular formula is C19H24N2O5. The van der Waals surface area contributed by atoms with E-state index in [4.69, 9.17) is 4.74 Å². The highest BCUT2D eigenvalue weighted by molar-refractivity contribution is 5.97. The smallest absolute Gasteiger partial charge is 0.346 e. The zero-order valence-corrected chi connectivity index (χ0v) is 15.1. The van der Waals surface area contributed by atoms with E-state index in [1.165, 1.54) is 37.5 Å². The Hall–Kier alpha value is -2.70. The molecule has 0 spiro atoms. The molecule has 0 saturated carbocycles. The quantitative estimate of drug-likeness (QED) is 0.347. The van der Waals surface area contributed by atoms with Crippen LogP contribution in [-0.2, 0) is 9.53 Å². The van der Waals surface area contributed by atoms with Crippen LogP contribution in [-0.4, -0.2) is 29.4 Å². The van der Waals surface area contributed by atoms with Gasteiger partial charge in [0.15, 0.2) is 6.10 Å². The van der Waals surface area contributed by atoms with E-state index in [2.05, 4.69) is 11.4 Å². The average Bonchev–Trinajstić information content (AvgIpc) is 2.62. The lowest BCUT2D eigenvalue weighted by Crippen LogP contribution is -2.36. The van der Waals surface area contributed by atoms with Crippen molar-refractivity contribution in [2.24, 2.45) is 0 Å². The first kappa shape index (κ1) is 19.6. The highest BCUT2D eigenvalue weighted by atomic mass is 16.6. The van der Waals surface area contributed by atoms with Crippen molar-refractivity contribution in [1.29, 1.82) is 0 Å². The van der Waals surface area contributed by atoms with Gasteiger partial charge in [-0.2, -0.15) is 0 Å². The maximum absolute atomic E-state index is 12.3. The first-order valence-corrected chi connectivity index (χ1v) is 8.80. The zero-order chi connectivity index (χ0) is 19.1. The minimum Gasteiger partial charge on any atom is -0.449 e. The molecular weight excluding hydrogens is 336 g/mol. The molecule has 1 atom stereocenters. The number of nitro groups is 1. The Morgan fingerprint density at radius 3 is 2.77 bits per heavy atom. The number of hydrogen-bond acceptors (Lipinski definition) is 5. The Bertz CT molecular complexity index is 727. The molecule has 0 aliphatic heterocycles. The first-order chi connectivity index (χ1) is 12.4. The SMILES string of the molecule is Cc1cccc([N+](=O)[O-])c1C(=O)O[C@@H](C)C(=O)NCCC1=CCCCC1. The molecule has 140 valence electrons. The van der Waals surface area contributed by atoms with Gasteiger partial charge in [-0.15, -0.1) is 0 Å². The molecule has 0 unspecified atom stereocenters. The van der Waals surface area contributed by atoms with Gasteiger partial charge in [-0.1, -0.05) is 23.8 Å². The summed E-state index contributed by atoms with van der Waals surface area (Å²) in [5.74, 6) is -1.28. The molecule has 26 heavy (non-hydrogen) atoms. The largest absolute Gasteiger partial charge is 0.449 e. The van der Waals surface area contributed by atoms with Gasteiger partial charge >= 0.3 is 5.97 Å². The van der Waals surface area contributed by atoms with Crippen LogP contribution in [0.1, 0.15) is 54.9 Å². The zero-order valence-electron chi connectivity index (χ0n) is 15.1. The van der Waals surface area contributed by atoms with E-state index in [9.17, 15) is 19.7 Å². The molecule has 0 fully saturated rings. The van der Waals surface area contributed by atoms with E-state index in [1.54, 1.807) is 13.0 Å². The maximum atomic E-state index is 12.3. The molecule has 0 heterocycles. The number of nitrogens with one attached hydrogen (secondary N) is 1. The van der Waals surface area contributed by atoms with Crippen molar-refractivity contribution in [2.75, 3.05) is 6.54 Å². The molecule has 0 aromatic heterocycles. The summed E-state index contributed by atoms with van der Waals surface area (Å²) in [5, 5.41) is 13.9. The van der Waals surface area contributed by atoms with Gasteiger partial charge in [-0.25, -0.2) is 4.79 Å². The topological polar surface area (TPSA) is 98.5 Å². The van der Waals surface area contributed by atoms with Crippen LogP contribution in [0.4, 0.5) is 5.69 Å². The van der Waals surface area contributed by atoms with E-state index >= 15 is 0 Å². The lowest BCUT2D eigenvalue weighted by Gasteiger charge is -2.16. The highest BCUT2D eigenvalue weighted by Crippen LogP contribution is 2.23. The number of benzene rings is 1. The molecule has 1 amide bonds. The molecule has 0 radical (unpaired) electrons. The predicted octanol–water partition coefficient (Wildman–Crippen LogP) is 3.46. The third-order valence-electron chi connectivity index (χ3n) is 4.44. The van der Waals surface area contributed by atoms with Crippen LogP contribution in [0.2, 0.25) is 0 Å². The molecule has 7 nitrogen and oxygen atoms in total. The standard InChI is InChI=1S/C19H24N2O5/c1-13-7-6-10-16(21(24)25)17(13)19(23)26-14(2)18(22)20-12-11-15-8-4-3-5-9-15/h6-8,10,14H,3-5,9,11-12H2,1-2H3,(H,20,22)/t14-/m0/s1. The van der Waals surface area contributed by atoms with Crippen LogP contribution in [0.25, 0.3) is 0 Å². The number of rotatable bonds is 7. The summed E-state index contributed by atoms with van der Waals surface area (Å²) >= 11 is 0. The van der Waals surface area contributed by atoms with Crippen LogP contribution in [0.3, 0.4) is 0 Å². The summed E-state index contributed by atoms with van der Waals surface area (Å²) in [6.45, 7) is 3.53. The van der Waals surface area contributed by atoms with Crippen molar-refractivity contribution in [2.45, 2.75) is 52.1 Å². The fourth-order valence-corrected chi connectivity index (χ4v) is 2.96. The summed E-state index contributed by atoms with van der Waals surface area (Å²) in [6.07, 6.45) is 6.54. The van der Waals surface area contributed by atoms with Crippen LogP contribution in [0, 0.1) is 17.0 Å². The Morgan fingerprint density at radius 2 is 2.12 bits per heavy atom. The lowest BCUT2D eigenvalue weighted by atomic mass is 9.97. The molecule has 7 heteroatoms. The van der Waals surface area contributed by atoms with Crippen molar-refractivity contribution in [3.05, 3.63) is 51.1 Å². The second-order valence-corrected chi connectivity index (χ2v) is 6.42. The van der Waals surface area contributed by atoms with Gasteiger partial charge in [0.1, 0.15) is 5.56 Å². The van der Waals surface area contributed by atoms with E-state index < -0.39 is 22.9 Å². The van der Waals surface area contributed by atoms with Crippen molar-refractivity contribution >= 4 is 17.6 Å². The average molecular weight is 360 g/mol. The number of carbonyl (C=O) groups is 2. The molecule has 2 rings (SSSR count). The molecule has 1 aromatic carbocycles. The molecule has 0 saturated heterocycles. The molecule has 0 bridgehead atoms. The number of aryl methyl sites for hydroxylation is 1. The number of nitro benzene ring substituents is 1. The number of nitrogens with zero attached hydrogens (tertiary/aromatic N) is 1. The Balaban J connectivity index is 1.91. The third kappa shape index (κ3) is 5.15. The third-order valence-corrected chi connectivity index (χ3v) is 4.44. The second-order valence-electron chi connectivity index (χ2n) is 6.42. The van der Waals surface area contributed by atoms with Gasteiger partial charge in [0.2, 0.25) is 0 Å². The molecule has 1 aliphatic rings. The minimum atomic E-state index is -1.03. The summed E-state index contributed by atoms with van der Waals surface area (Å²) in [7, 11) is 0. The van der Waals surface area contributed by atoms with Crippen molar-refractivity contribution in [3.8, 4) is 0 Å². The van der Waals surface area contributed by atoms with Gasteiger partial charge in [-0.3, -0.25) is 14.9 Å². The first-order valence-electron chi connectivity index (χ1n) is 8.80. The van der Waals surface area contributed by atoms with Gasteiger partial charge in [0.25, 0.3) is 11.6 Å². The van der Waals surface area contributed by atoms with Gasteiger partial charge in [-0.05, 0) is 51.5 Å². The van der Waals surface area contributed by atoms with Gasteiger partial charge < -0.3 is 10.1 Å². The normalized spacial score (nSPS) is 14.9. The maximum Gasteiger partial charge on any atom is 0.346 e. The number of hydrogen-bond donors (Lipinski definition) is 1. The summed E-state index contributed by atoms with van der Waals surface area (Å²) in [5.41, 5.74) is 1.33. The van der Waals surface area contributed by atoms with E-state index in [1.807, 2.05) is 0 Å². The Morgan fingerprint density at radius 1 is 1.35 bits per heavy atom. The number of esters is 1. The number of carbonyl (C=O) groups excluding carboxylic acids is 2. The fourth-order valence-electron chi connectivity index (χ4n) is 2.96. The minimum absolute atomic E-state index is 0.121.